The van der Waals surface area contributed by atoms with Crippen LogP contribution in [0.3, 0.4) is 0 Å². The van der Waals surface area contributed by atoms with Crippen molar-refractivity contribution in [3.8, 4) is 0 Å². The summed E-state index contributed by atoms with van der Waals surface area (Å²) in [4.78, 5) is 37.1. The van der Waals surface area contributed by atoms with E-state index in [1.807, 2.05) is 28.6 Å². The van der Waals surface area contributed by atoms with Gasteiger partial charge in [-0.25, -0.2) is 4.98 Å². The van der Waals surface area contributed by atoms with Crippen LogP contribution in [0, 0.1) is 0 Å². The standard InChI is InChI=1S/C18H21N5O2S.2ClH/c24-16-4-2-7-23(16)18-21-14(12-26-18)9-17(25)22-8-6-20-11-15(22)13-3-1-5-19-10-13;;/h1,3,5,10,12,15,20H,2,4,6-9,11H2;2*1H. The summed E-state index contributed by atoms with van der Waals surface area (Å²) in [6.45, 7) is 2.90. The molecule has 0 saturated carbocycles. The van der Waals surface area contributed by atoms with Gasteiger partial charge in [0.1, 0.15) is 0 Å². The largest absolute Gasteiger partial charge is 0.333 e. The molecule has 2 aliphatic heterocycles. The maximum absolute atomic E-state index is 12.9. The minimum absolute atomic E-state index is 0. The zero-order chi connectivity index (χ0) is 17.9. The van der Waals surface area contributed by atoms with Crippen LogP contribution in [0.4, 0.5) is 5.13 Å². The molecule has 152 valence electrons. The fraction of sp³-hybridized carbons (Fsp3) is 0.444. The molecule has 2 saturated heterocycles. The van der Waals surface area contributed by atoms with Gasteiger partial charge in [-0.15, -0.1) is 36.2 Å². The first-order valence-electron chi connectivity index (χ1n) is 8.87. The van der Waals surface area contributed by atoms with Gasteiger partial charge in [-0.05, 0) is 18.1 Å². The van der Waals surface area contributed by atoms with Crippen LogP contribution in [0.25, 0.3) is 0 Å². The quantitative estimate of drug-likeness (QED) is 0.783. The third-order valence-corrected chi connectivity index (χ3v) is 5.72. The highest BCUT2D eigenvalue weighted by atomic mass is 35.5. The minimum atomic E-state index is -0.0109. The number of nitrogens with zero attached hydrogens (tertiary/aromatic N) is 4. The fourth-order valence-electron chi connectivity index (χ4n) is 3.48. The summed E-state index contributed by atoms with van der Waals surface area (Å²) < 4.78 is 0. The second-order valence-corrected chi connectivity index (χ2v) is 7.38. The molecular formula is C18H23Cl2N5O2S. The van der Waals surface area contributed by atoms with E-state index >= 15 is 0 Å². The summed E-state index contributed by atoms with van der Waals surface area (Å²) in [5.41, 5.74) is 1.77. The lowest BCUT2D eigenvalue weighted by atomic mass is 10.0. The number of halogens is 2. The van der Waals surface area contributed by atoms with E-state index in [-0.39, 0.29) is 49.1 Å². The van der Waals surface area contributed by atoms with Crippen molar-refractivity contribution >= 4 is 53.1 Å². The lowest BCUT2D eigenvalue weighted by Crippen LogP contribution is -2.49. The highest BCUT2D eigenvalue weighted by Crippen LogP contribution is 2.27. The average Bonchev–Trinajstić information content (AvgIpc) is 3.31. The van der Waals surface area contributed by atoms with E-state index in [9.17, 15) is 9.59 Å². The first-order valence-corrected chi connectivity index (χ1v) is 9.75. The Balaban J connectivity index is 0.00000140. The monoisotopic (exact) mass is 443 g/mol. The zero-order valence-corrected chi connectivity index (χ0v) is 17.7. The number of rotatable bonds is 4. The molecule has 0 spiro atoms. The van der Waals surface area contributed by atoms with E-state index in [1.54, 1.807) is 11.1 Å². The van der Waals surface area contributed by atoms with Crippen molar-refractivity contribution in [1.29, 1.82) is 0 Å². The van der Waals surface area contributed by atoms with E-state index in [0.29, 0.717) is 18.1 Å². The number of anilines is 1. The molecular weight excluding hydrogens is 421 g/mol. The van der Waals surface area contributed by atoms with Crippen molar-refractivity contribution in [2.75, 3.05) is 31.1 Å². The number of thiazole rings is 1. The van der Waals surface area contributed by atoms with E-state index in [4.69, 9.17) is 0 Å². The number of carbonyl (C=O) groups excluding carboxylic acids is 2. The van der Waals surface area contributed by atoms with Gasteiger partial charge in [0, 0.05) is 50.4 Å². The predicted octanol–water partition coefficient (Wildman–Crippen LogP) is 2.22. The van der Waals surface area contributed by atoms with E-state index in [0.717, 1.165) is 37.3 Å². The molecule has 0 aliphatic carbocycles. The second kappa shape index (κ2) is 10.2. The molecule has 2 amide bonds. The van der Waals surface area contributed by atoms with Crippen molar-refractivity contribution < 1.29 is 9.59 Å². The normalized spacial score (nSPS) is 19.1. The molecule has 28 heavy (non-hydrogen) atoms. The minimum Gasteiger partial charge on any atom is -0.333 e. The van der Waals surface area contributed by atoms with Gasteiger partial charge < -0.3 is 10.2 Å². The van der Waals surface area contributed by atoms with Gasteiger partial charge in [-0.2, -0.15) is 0 Å². The van der Waals surface area contributed by atoms with Gasteiger partial charge >= 0.3 is 0 Å². The Bertz CT molecular complexity index is 804. The lowest BCUT2D eigenvalue weighted by Gasteiger charge is -2.36. The second-order valence-electron chi connectivity index (χ2n) is 6.54. The number of nitrogens with one attached hydrogen (secondary N) is 1. The summed E-state index contributed by atoms with van der Waals surface area (Å²) in [5.74, 6) is 0.181. The maximum Gasteiger partial charge on any atom is 0.229 e. The Kier molecular flexibility index (Phi) is 8.18. The number of hydrogen-bond acceptors (Lipinski definition) is 6. The summed E-state index contributed by atoms with van der Waals surface area (Å²) in [7, 11) is 0. The van der Waals surface area contributed by atoms with Crippen molar-refractivity contribution in [2.24, 2.45) is 0 Å². The highest BCUT2D eigenvalue weighted by molar-refractivity contribution is 7.14. The van der Waals surface area contributed by atoms with Gasteiger partial charge in [0.15, 0.2) is 5.13 Å². The zero-order valence-electron chi connectivity index (χ0n) is 15.2. The van der Waals surface area contributed by atoms with E-state index < -0.39 is 0 Å². The molecule has 1 unspecified atom stereocenters. The number of piperazine rings is 1. The van der Waals surface area contributed by atoms with Crippen LogP contribution in [-0.4, -0.2) is 52.9 Å². The molecule has 2 aliphatic rings. The summed E-state index contributed by atoms with van der Waals surface area (Å²) >= 11 is 1.44. The predicted molar refractivity (Wildman–Crippen MR) is 113 cm³/mol. The van der Waals surface area contributed by atoms with Crippen molar-refractivity contribution in [3.05, 3.63) is 41.2 Å². The van der Waals surface area contributed by atoms with Crippen LogP contribution in [0.15, 0.2) is 29.9 Å². The van der Waals surface area contributed by atoms with Crippen LogP contribution < -0.4 is 10.2 Å². The number of pyridine rings is 1. The Hall–Kier alpha value is -1.74. The first kappa shape index (κ1) is 22.5. The summed E-state index contributed by atoms with van der Waals surface area (Å²) in [5, 5.41) is 5.95. The Morgan fingerprint density at radius 3 is 2.89 bits per heavy atom. The lowest BCUT2D eigenvalue weighted by molar-refractivity contribution is -0.133. The molecule has 10 heteroatoms. The maximum atomic E-state index is 12.9. The third-order valence-electron chi connectivity index (χ3n) is 4.81. The van der Waals surface area contributed by atoms with Crippen LogP contribution >= 0.6 is 36.2 Å². The average molecular weight is 444 g/mol. The molecule has 4 heterocycles. The molecule has 1 N–H and O–H groups in total. The molecule has 7 nitrogen and oxygen atoms in total. The molecule has 2 aromatic rings. The van der Waals surface area contributed by atoms with E-state index in [1.165, 1.54) is 11.3 Å². The molecule has 1 atom stereocenters. The van der Waals surface area contributed by atoms with Crippen LogP contribution in [0.1, 0.15) is 30.1 Å². The number of carbonyl (C=O) groups is 2. The first-order chi connectivity index (χ1) is 12.7. The van der Waals surface area contributed by atoms with Crippen LogP contribution in [0.5, 0.6) is 0 Å². The number of amides is 2. The van der Waals surface area contributed by atoms with Crippen molar-refractivity contribution in [3.63, 3.8) is 0 Å². The molecule has 4 rings (SSSR count). The molecule has 2 aromatic heterocycles. The van der Waals surface area contributed by atoms with Crippen molar-refractivity contribution in [1.82, 2.24) is 20.2 Å². The SMILES string of the molecule is Cl.Cl.O=C1CCCN1c1nc(CC(=O)N2CCNCC2c2cccnc2)cs1. The molecule has 0 radical (unpaired) electrons. The fourth-order valence-corrected chi connectivity index (χ4v) is 4.35. The topological polar surface area (TPSA) is 78.4 Å². The van der Waals surface area contributed by atoms with E-state index in [2.05, 4.69) is 15.3 Å². The molecule has 0 bridgehead atoms. The Morgan fingerprint density at radius 1 is 1.32 bits per heavy atom. The van der Waals surface area contributed by atoms with Gasteiger partial charge in [-0.3, -0.25) is 19.5 Å². The molecule has 0 aromatic carbocycles. The van der Waals surface area contributed by atoms with Gasteiger partial charge in [0.05, 0.1) is 18.2 Å². The Labute approximate surface area is 180 Å². The van der Waals surface area contributed by atoms with Gasteiger partial charge in [0.25, 0.3) is 0 Å². The Morgan fingerprint density at radius 2 is 2.18 bits per heavy atom. The van der Waals surface area contributed by atoms with Crippen LogP contribution in [-0.2, 0) is 16.0 Å². The molecule has 2 fully saturated rings. The number of aromatic nitrogens is 2. The summed E-state index contributed by atoms with van der Waals surface area (Å²) in [6.07, 6.45) is 5.27. The van der Waals surface area contributed by atoms with Crippen molar-refractivity contribution in [2.45, 2.75) is 25.3 Å². The number of hydrogen-bond donors (Lipinski definition) is 1. The smallest absolute Gasteiger partial charge is 0.229 e. The van der Waals surface area contributed by atoms with Gasteiger partial charge in [0.2, 0.25) is 11.8 Å². The van der Waals surface area contributed by atoms with Gasteiger partial charge in [-0.1, -0.05) is 6.07 Å². The third kappa shape index (κ3) is 4.81. The highest BCUT2D eigenvalue weighted by Gasteiger charge is 2.29. The summed E-state index contributed by atoms with van der Waals surface area (Å²) in [6, 6.07) is 3.89. The van der Waals surface area contributed by atoms with Crippen LogP contribution in [0.2, 0.25) is 0 Å².